The van der Waals surface area contributed by atoms with Gasteiger partial charge in [-0.05, 0) is 32.2 Å². The van der Waals surface area contributed by atoms with Crippen LogP contribution in [-0.4, -0.2) is 38.3 Å². The van der Waals surface area contributed by atoms with Crippen LogP contribution in [0.25, 0.3) is 0 Å². The lowest BCUT2D eigenvalue weighted by Gasteiger charge is -2.24. The highest BCUT2D eigenvalue weighted by Gasteiger charge is 2.35. The third-order valence-electron chi connectivity index (χ3n) is 2.93. The van der Waals surface area contributed by atoms with Crippen molar-refractivity contribution in [3.63, 3.8) is 0 Å². The molecule has 1 heterocycles. The lowest BCUT2D eigenvalue weighted by molar-refractivity contribution is -0.126. The van der Waals surface area contributed by atoms with Crippen molar-refractivity contribution in [1.29, 1.82) is 0 Å². The first-order valence-electron chi connectivity index (χ1n) is 5.61. The predicted molar refractivity (Wildman–Crippen MR) is 59.7 cm³/mol. The lowest BCUT2D eigenvalue weighted by atomic mass is 9.99. The molecule has 1 aliphatic heterocycles. The fraction of sp³-hybridized carbons (Fsp3) is 0.909. The van der Waals surface area contributed by atoms with Crippen LogP contribution in [-0.2, 0) is 9.53 Å². The van der Waals surface area contributed by atoms with Gasteiger partial charge in [0.25, 0.3) is 0 Å². The van der Waals surface area contributed by atoms with Gasteiger partial charge in [-0.3, -0.25) is 4.79 Å². The summed E-state index contributed by atoms with van der Waals surface area (Å²) in [6, 6.07) is 0. The molecule has 1 aliphatic rings. The Morgan fingerprint density at radius 2 is 2.40 bits per heavy atom. The summed E-state index contributed by atoms with van der Waals surface area (Å²) in [6.45, 7) is 6.34. The standard InChI is InChI=1S/C11H22N2O2/c1-9(8-15-3)7-12-10(14)11(2)5-4-6-13-11/h9,13H,4-8H2,1-3H3,(H,12,14). The average Bonchev–Trinajstić information content (AvgIpc) is 2.63. The molecule has 1 saturated heterocycles. The zero-order valence-electron chi connectivity index (χ0n) is 9.93. The van der Waals surface area contributed by atoms with E-state index in [-0.39, 0.29) is 11.4 Å². The number of ether oxygens (including phenoxy) is 1. The second-order valence-corrected chi connectivity index (χ2v) is 4.63. The molecule has 0 aliphatic carbocycles. The predicted octanol–water partition coefficient (Wildman–Crippen LogP) is 0.527. The van der Waals surface area contributed by atoms with Crippen LogP contribution in [0.15, 0.2) is 0 Å². The molecular weight excluding hydrogens is 192 g/mol. The Morgan fingerprint density at radius 1 is 1.67 bits per heavy atom. The Hall–Kier alpha value is -0.610. The Labute approximate surface area is 91.8 Å². The number of rotatable bonds is 5. The molecule has 0 aromatic rings. The number of carbonyl (C=O) groups excluding carboxylic acids is 1. The molecule has 0 bridgehead atoms. The van der Waals surface area contributed by atoms with Gasteiger partial charge in [0.05, 0.1) is 12.1 Å². The average molecular weight is 214 g/mol. The van der Waals surface area contributed by atoms with Crippen LogP contribution in [0.2, 0.25) is 0 Å². The van der Waals surface area contributed by atoms with Crippen molar-refractivity contribution < 1.29 is 9.53 Å². The quantitative estimate of drug-likeness (QED) is 0.702. The highest BCUT2D eigenvalue weighted by molar-refractivity contribution is 5.86. The molecule has 4 heteroatoms. The Balaban J connectivity index is 2.29. The van der Waals surface area contributed by atoms with E-state index < -0.39 is 0 Å². The largest absolute Gasteiger partial charge is 0.384 e. The van der Waals surface area contributed by atoms with Crippen molar-refractivity contribution in [2.75, 3.05) is 26.8 Å². The number of nitrogens with one attached hydrogen (secondary N) is 2. The van der Waals surface area contributed by atoms with E-state index in [4.69, 9.17) is 4.74 Å². The first-order valence-corrected chi connectivity index (χ1v) is 5.61. The fourth-order valence-corrected chi connectivity index (χ4v) is 1.89. The van der Waals surface area contributed by atoms with Gasteiger partial charge in [-0.1, -0.05) is 6.92 Å². The van der Waals surface area contributed by atoms with Crippen LogP contribution in [0.5, 0.6) is 0 Å². The zero-order valence-corrected chi connectivity index (χ0v) is 9.93. The summed E-state index contributed by atoms with van der Waals surface area (Å²) in [4.78, 5) is 11.9. The molecule has 0 aromatic carbocycles. The summed E-state index contributed by atoms with van der Waals surface area (Å²) in [7, 11) is 1.68. The lowest BCUT2D eigenvalue weighted by Crippen LogP contribution is -2.52. The minimum atomic E-state index is -0.354. The van der Waals surface area contributed by atoms with Crippen LogP contribution in [0, 0.1) is 5.92 Å². The summed E-state index contributed by atoms with van der Waals surface area (Å²) in [6.07, 6.45) is 2.01. The highest BCUT2D eigenvalue weighted by Crippen LogP contribution is 2.18. The van der Waals surface area contributed by atoms with Gasteiger partial charge < -0.3 is 15.4 Å². The summed E-state index contributed by atoms with van der Waals surface area (Å²) < 4.78 is 5.02. The minimum Gasteiger partial charge on any atom is -0.384 e. The Morgan fingerprint density at radius 3 is 2.93 bits per heavy atom. The van der Waals surface area contributed by atoms with Crippen molar-refractivity contribution in [2.24, 2.45) is 5.92 Å². The second kappa shape index (κ2) is 5.47. The molecule has 1 rings (SSSR count). The van der Waals surface area contributed by atoms with E-state index in [0.717, 1.165) is 19.4 Å². The maximum atomic E-state index is 11.9. The summed E-state index contributed by atoms with van der Waals surface area (Å²) in [5, 5.41) is 6.21. The van der Waals surface area contributed by atoms with Gasteiger partial charge in [-0.15, -0.1) is 0 Å². The molecule has 0 saturated carbocycles. The second-order valence-electron chi connectivity index (χ2n) is 4.63. The van der Waals surface area contributed by atoms with E-state index in [1.165, 1.54) is 0 Å². The SMILES string of the molecule is COCC(C)CNC(=O)C1(C)CCCN1. The molecule has 2 atom stereocenters. The van der Waals surface area contributed by atoms with Gasteiger partial charge in [0.2, 0.25) is 5.91 Å². The smallest absolute Gasteiger partial charge is 0.240 e. The minimum absolute atomic E-state index is 0.114. The molecule has 88 valence electrons. The Kier molecular flexibility index (Phi) is 4.54. The van der Waals surface area contributed by atoms with E-state index in [9.17, 15) is 4.79 Å². The maximum absolute atomic E-state index is 11.9. The fourth-order valence-electron chi connectivity index (χ4n) is 1.89. The number of hydrogen-bond donors (Lipinski definition) is 2. The molecule has 0 aromatic heterocycles. The van der Waals surface area contributed by atoms with Crippen molar-refractivity contribution in [3.05, 3.63) is 0 Å². The van der Waals surface area contributed by atoms with Crippen LogP contribution >= 0.6 is 0 Å². The zero-order chi connectivity index (χ0) is 11.3. The summed E-state index contributed by atoms with van der Waals surface area (Å²) in [5.41, 5.74) is -0.354. The van der Waals surface area contributed by atoms with E-state index in [2.05, 4.69) is 17.6 Å². The molecular formula is C11H22N2O2. The molecule has 1 amide bonds. The van der Waals surface area contributed by atoms with Crippen molar-refractivity contribution in [3.8, 4) is 0 Å². The maximum Gasteiger partial charge on any atom is 0.240 e. The third kappa shape index (κ3) is 3.47. The number of hydrogen-bond acceptors (Lipinski definition) is 3. The van der Waals surface area contributed by atoms with E-state index in [0.29, 0.717) is 19.1 Å². The molecule has 4 nitrogen and oxygen atoms in total. The van der Waals surface area contributed by atoms with Crippen molar-refractivity contribution in [1.82, 2.24) is 10.6 Å². The third-order valence-corrected chi connectivity index (χ3v) is 2.93. The molecule has 0 radical (unpaired) electrons. The topological polar surface area (TPSA) is 50.4 Å². The van der Waals surface area contributed by atoms with Crippen molar-refractivity contribution in [2.45, 2.75) is 32.2 Å². The summed E-state index contributed by atoms with van der Waals surface area (Å²) in [5.74, 6) is 0.479. The van der Waals surface area contributed by atoms with Gasteiger partial charge in [0.15, 0.2) is 0 Å². The van der Waals surface area contributed by atoms with E-state index in [1.807, 2.05) is 6.92 Å². The molecule has 15 heavy (non-hydrogen) atoms. The van der Waals surface area contributed by atoms with E-state index >= 15 is 0 Å². The van der Waals surface area contributed by atoms with Gasteiger partial charge in [0, 0.05) is 13.7 Å². The molecule has 2 unspecified atom stereocenters. The highest BCUT2D eigenvalue weighted by atomic mass is 16.5. The molecule has 2 N–H and O–H groups in total. The van der Waals surface area contributed by atoms with E-state index in [1.54, 1.807) is 7.11 Å². The summed E-state index contributed by atoms with van der Waals surface area (Å²) >= 11 is 0. The van der Waals surface area contributed by atoms with Crippen LogP contribution < -0.4 is 10.6 Å². The number of amides is 1. The first-order chi connectivity index (χ1) is 7.08. The number of carbonyl (C=O) groups is 1. The van der Waals surface area contributed by atoms with Crippen molar-refractivity contribution >= 4 is 5.91 Å². The van der Waals surface area contributed by atoms with Gasteiger partial charge >= 0.3 is 0 Å². The van der Waals surface area contributed by atoms with Gasteiger partial charge in [0.1, 0.15) is 0 Å². The number of methoxy groups -OCH3 is 1. The molecule has 0 spiro atoms. The normalized spacial score (nSPS) is 27.7. The van der Waals surface area contributed by atoms with Crippen LogP contribution in [0.3, 0.4) is 0 Å². The molecule has 1 fully saturated rings. The van der Waals surface area contributed by atoms with Gasteiger partial charge in [-0.2, -0.15) is 0 Å². The van der Waals surface area contributed by atoms with Crippen LogP contribution in [0.4, 0.5) is 0 Å². The first kappa shape index (κ1) is 12.5. The Bertz CT molecular complexity index is 213. The van der Waals surface area contributed by atoms with Gasteiger partial charge in [-0.25, -0.2) is 0 Å². The monoisotopic (exact) mass is 214 g/mol. The van der Waals surface area contributed by atoms with Crippen LogP contribution in [0.1, 0.15) is 26.7 Å².